The summed E-state index contributed by atoms with van der Waals surface area (Å²) in [7, 11) is 0. The molecular weight excluding hydrogens is 335 g/mol. The number of aromatic nitrogens is 3. The minimum atomic E-state index is -0.315. The molecule has 3 heterocycles. The van der Waals surface area contributed by atoms with E-state index in [4.69, 9.17) is 4.42 Å². The van der Waals surface area contributed by atoms with Crippen LogP contribution in [0.15, 0.2) is 53.2 Å². The van der Waals surface area contributed by atoms with E-state index < -0.39 is 0 Å². The largest absolute Gasteiger partial charge is 0.420 e. The quantitative estimate of drug-likeness (QED) is 0.723. The molecule has 0 spiro atoms. The molecule has 132 valence electrons. The SMILES string of the molecule is O=C(c1cccnc1)N1CCC[C@H](c2nnc(-c3ccc(F)cc3)o2)C1. The molecule has 1 aliphatic rings. The maximum atomic E-state index is 13.0. The van der Waals surface area contributed by atoms with Gasteiger partial charge in [-0.15, -0.1) is 10.2 Å². The van der Waals surface area contributed by atoms with E-state index in [0.29, 0.717) is 36.0 Å². The molecule has 2 aromatic heterocycles. The molecule has 6 nitrogen and oxygen atoms in total. The molecule has 7 heteroatoms. The second-order valence-corrected chi connectivity index (χ2v) is 6.28. The first-order chi connectivity index (χ1) is 12.7. The van der Waals surface area contributed by atoms with Gasteiger partial charge in [-0.25, -0.2) is 4.39 Å². The van der Waals surface area contributed by atoms with Crippen LogP contribution < -0.4 is 0 Å². The fourth-order valence-corrected chi connectivity index (χ4v) is 3.14. The lowest BCUT2D eigenvalue weighted by atomic mass is 9.97. The zero-order valence-corrected chi connectivity index (χ0v) is 14.0. The molecule has 0 radical (unpaired) electrons. The minimum absolute atomic E-state index is 0.00827. The molecule has 0 saturated carbocycles. The number of rotatable bonds is 3. The van der Waals surface area contributed by atoms with Gasteiger partial charge in [-0.3, -0.25) is 9.78 Å². The van der Waals surface area contributed by atoms with Crippen LogP contribution in [0.25, 0.3) is 11.5 Å². The second-order valence-electron chi connectivity index (χ2n) is 6.28. The summed E-state index contributed by atoms with van der Waals surface area (Å²) in [5.41, 5.74) is 1.25. The Balaban J connectivity index is 1.50. The third-order valence-corrected chi connectivity index (χ3v) is 4.50. The molecule has 1 fully saturated rings. The Bertz CT molecular complexity index is 895. The van der Waals surface area contributed by atoms with Crippen LogP contribution in [-0.4, -0.2) is 39.1 Å². The van der Waals surface area contributed by atoms with Crippen LogP contribution in [0.4, 0.5) is 4.39 Å². The normalized spacial score (nSPS) is 17.3. The summed E-state index contributed by atoms with van der Waals surface area (Å²) in [6, 6.07) is 9.43. The van der Waals surface area contributed by atoms with E-state index in [2.05, 4.69) is 15.2 Å². The fraction of sp³-hybridized carbons (Fsp3) is 0.263. The van der Waals surface area contributed by atoms with Gasteiger partial charge in [-0.2, -0.15) is 0 Å². The van der Waals surface area contributed by atoms with E-state index >= 15 is 0 Å². The summed E-state index contributed by atoms with van der Waals surface area (Å²) < 4.78 is 18.8. The van der Waals surface area contributed by atoms with Crippen molar-refractivity contribution in [2.24, 2.45) is 0 Å². The van der Waals surface area contributed by atoms with Crippen molar-refractivity contribution >= 4 is 5.91 Å². The van der Waals surface area contributed by atoms with Gasteiger partial charge >= 0.3 is 0 Å². The van der Waals surface area contributed by atoms with Crippen LogP contribution in [0.1, 0.15) is 35.0 Å². The Morgan fingerprint density at radius 1 is 1.19 bits per heavy atom. The number of nitrogens with zero attached hydrogens (tertiary/aromatic N) is 4. The van der Waals surface area contributed by atoms with Gasteiger partial charge in [-0.05, 0) is 49.2 Å². The lowest BCUT2D eigenvalue weighted by molar-refractivity contribution is 0.0698. The highest BCUT2D eigenvalue weighted by atomic mass is 19.1. The molecule has 1 aliphatic heterocycles. The molecule has 1 saturated heterocycles. The Hall–Kier alpha value is -3.09. The number of halogens is 1. The first-order valence-electron chi connectivity index (χ1n) is 8.49. The van der Waals surface area contributed by atoms with Crippen LogP contribution in [0.2, 0.25) is 0 Å². The molecule has 4 rings (SSSR count). The molecule has 1 atom stereocenters. The summed E-state index contributed by atoms with van der Waals surface area (Å²) in [5, 5.41) is 8.21. The lowest BCUT2D eigenvalue weighted by Gasteiger charge is -2.31. The average molecular weight is 352 g/mol. The van der Waals surface area contributed by atoms with Crippen LogP contribution in [-0.2, 0) is 0 Å². The van der Waals surface area contributed by atoms with Gasteiger partial charge < -0.3 is 9.32 Å². The number of likely N-dealkylation sites (tertiary alicyclic amines) is 1. The van der Waals surface area contributed by atoms with Crippen LogP contribution in [0, 0.1) is 5.82 Å². The molecule has 1 aromatic carbocycles. The van der Waals surface area contributed by atoms with Gasteiger partial charge in [0.1, 0.15) is 5.82 Å². The lowest BCUT2D eigenvalue weighted by Crippen LogP contribution is -2.39. The van der Waals surface area contributed by atoms with Gasteiger partial charge in [0, 0.05) is 31.0 Å². The van der Waals surface area contributed by atoms with E-state index in [9.17, 15) is 9.18 Å². The standard InChI is InChI=1S/C19H17FN4O2/c20-16-7-5-13(6-8-16)17-22-23-18(26-17)15-4-2-10-24(12-15)19(25)14-3-1-9-21-11-14/h1,3,5-9,11,15H,2,4,10,12H2/t15-/m0/s1. The number of piperidine rings is 1. The van der Waals surface area contributed by atoms with Crippen LogP contribution in [0.3, 0.4) is 0 Å². The fourth-order valence-electron chi connectivity index (χ4n) is 3.14. The molecule has 26 heavy (non-hydrogen) atoms. The highest BCUT2D eigenvalue weighted by Crippen LogP contribution is 2.29. The zero-order valence-electron chi connectivity index (χ0n) is 14.0. The predicted octanol–water partition coefficient (Wildman–Crippen LogP) is 3.29. The van der Waals surface area contributed by atoms with Gasteiger partial charge in [0.15, 0.2) is 0 Å². The summed E-state index contributed by atoms with van der Waals surface area (Å²) in [4.78, 5) is 18.4. The van der Waals surface area contributed by atoms with Crippen LogP contribution >= 0.6 is 0 Å². The van der Waals surface area contributed by atoms with Crippen molar-refractivity contribution in [2.45, 2.75) is 18.8 Å². The van der Waals surface area contributed by atoms with E-state index in [0.717, 1.165) is 12.8 Å². The molecule has 0 aliphatic carbocycles. The number of amides is 1. The third-order valence-electron chi connectivity index (χ3n) is 4.50. The molecule has 0 unspecified atom stereocenters. The highest BCUT2D eigenvalue weighted by Gasteiger charge is 2.29. The Morgan fingerprint density at radius 2 is 2.04 bits per heavy atom. The van der Waals surface area contributed by atoms with Crippen molar-refractivity contribution in [3.63, 3.8) is 0 Å². The van der Waals surface area contributed by atoms with Gasteiger partial charge in [0.05, 0.1) is 11.5 Å². The van der Waals surface area contributed by atoms with Crippen LogP contribution in [0.5, 0.6) is 0 Å². The van der Waals surface area contributed by atoms with Crippen molar-refractivity contribution in [3.8, 4) is 11.5 Å². The Kier molecular flexibility index (Phi) is 4.43. The third kappa shape index (κ3) is 3.33. The van der Waals surface area contributed by atoms with Crippen molar-refractivity contribution in [3.05, 3.63) is 66.1 Å². The van der Waals surface area contributed by atoms with Gasteiger partial charge in [0.2, 0.25) is 11.8 Å². The monoisotopic (exact) mass is 352 g/mol. The van der Waals surface area contributed by atoms with E-state index in [1.54, 1.807) is 41.6 Å². The predicted molar refractivity (Wildman–Crippen MR) is 91.8 cm³/mol. The van der Waals surface area contributed by atoms with Crippen molar-refractivity contribution in [2.75, 3.05) is 13.1 Å². The van der Waals surface area contributed by atoms with Crippen molar-refractivity contribution in [1.29, 1.82) is 0 Å². The number of carbonyl (C=O) groups is 1. The number of benzene rings is 1. The number of hydrogen-bond acceptors (Lipinski definition) is 5. The first kappa shape index (κ1) is 16.4. The summed E-state index contributed by atoms with van der Waals surface area (Å²) in [5.74, 6) is 0.501. The molecule has 1 amide bonds. The highest BCUT2D eigenvalue weighted by molar-refractivity contribution is 5.93. The second kappa shape index (κ2) is 7.03. The minimum Gasteiger partial charge on any atom is -0.420 e. The van der Waals surface area contributed by atoms with Gasteiger partial charge in [-0.1, -0.05) is 0 Å². The van der Waals surface area contributed by atoms with E-state index in [-0.39, 0.29) is 17.6 Å². The van der Waals surface area contributed by atoms with Crippen molar-refractivity contribution < 1.29 is 13.6 Å². The Morgan fingerprint density at radius 3 is 2.81 bits per heavy atom. The number of hydrogen-bond donors (Lipinski definition) is 0. The molecular formula is C19H17FN4O2. The molecule has 3 aromatic rings. The van der Waals surface area contributed by atoms with Gasteiger partial charge in [0.25, 0.3) is 5.91 Å². The average Bonchev–Trinajstić information content (AvgIpc) is 3.19. The zero-order chi connectivity index (χ0) is 17.9. The number of carbonyl (C=O) groups excluding carboxylic acids is 1. The smallest absolute Gasteiger partial charge is 0.255 e. The van der Waals surface area contributed by atoms with E-state index in [1.165, 1.54) is 12.1 Å². The summed E-state index contributed by atoms with van der Waals surface area (Å²) in [6.07, 6.45) is 4.96. The first-order valence-corrected chi connectivity index (χ1v) is 8.49. The number of pyridine rings is 1. The van der Waals surface area contributed by atoms with Crippen molar-refractivity contribution in [1.82, 2.24) is 20.1 Å². The summed E-state index contributed by atoms with van der Waals surface area (Å²) >= 11 is 0. The maximum Gasteiger partial charge on any atom is 0.255 e. The summed E-state index contributed by atoms with van der Waals surface area (Å²) in [6.45, 7) is 1.22. The molecule has 0 N–H and O–H groups in total. The maximum absolute atomic E-state index is 13.0. The molecule has 0 bridgehead atoms. The Labute approximate surface area is 149 Å². The topological polar surface area (TPSA) is 72.1 Å². The van der Waals surface area contributed by atoms with E-state index in [1.807, 2.05) is 0 Å².